The topological polar surface area (TPSA) is 65.0 Å². The van der Waals surface area contributed by atoms with Gasteiger partial charge in [0.15, 0.2) is 11.5 Å². The lowest BCUT2D eigenvalue weighted by atomic mass is 9.90. The molecule has 1 aromatic carbocycles. The molecule has 0 saturated carbocycles. The Morgan fingerprint density at radius 2 is 1.95 bits per heavy atom. The Bertz CT molecular complexity index is 473. The number of hydrogen-bond donors (Lipinski definition) is 1. The standard InChI is InChI=1S/C14H19FO5/c1-5-20-13(16)12(15)14(2,17)9-6-7-10(18-3)11(8-9)19-4/h6-8,12,17H,5H2,1-4H3. The average molecular weight is 286 g/mol. The molecule has 2 atom stereocenters. The second kappa shape index (κ2) is 6.56. The minimum atomic E-state index is -2.19. The van der Waals surface area contributed by atoms with Gasteiger partial charge in [0, 0.05) is 0 Å². The molecule has 0 fully saturated rings. The van der Waals surface area contributed by atoms with E-state index in [4.69, 9.17) is 9.47 Å². The molecule has 1 aromatic rings. The SMILES string of the molecule is CCOC(=O)C(F)C(C)(O)c1ccc(OC)c(OC)c1. The van der Waals surface area contributed by atoms with Crippen LogP contribution in [0, 0.1) is 0 Å². The summed E-state index contributed by atoms with van der Waals surface area (Å²) >= 11 is 0. The first-order valence-electron chi connectivity index (χ1n) is 6.14. The van der Waals surface area contributed by atoms with E-state index in [-0.39, 0.29) is 12.2 Å². The van der Waals surface area contributed by atoms with Gasteiger partial charge in [0.25, 0.3) is 0 Å². The molecule has 1 N–H and O–H groups in total. The van der Waals surface area contributed by atoms with E-state index >= 15 is 0 Å². The zero-order chi connectivity index (χ0) is 15.3. The maximum Gasteiger partial charge on any atom is 0.344 e. The summed E-state index contributed by atoms with van der Waals surface area (Å²) in [6.07, 6.45) is -2.19. The number of benzene rings is 1. The second-order valence-electron chi connectivity index (χ2n) is 4.33. The summed E-state index contributed by atoms with van der Waals surface area (Å²) in [7, 11) is 2.89. The third-order valence-corrected chi connectivity index (χ3v) is 2.96. The van der Waals surface area contributed by atoms with E-state index in [0.29, 0.717) is 11.5 Å². The largest absolute Gasteiger partial charge is 0.493 e. The highest BCUT2D eigenvalue weighted by Crippen LogP contribution is 2.34. The molecule has 0 aliphatic carbocycles. The zero-order valence-electron chi connectivity index (χ0n) is 12.0. The maximum absolute atomic E-state index is 14.1. The Kier molecular flexibility index (Phi) is 5.33. The molecule has 1 rings (SSSR count). The van der Waals surface area contributed by atoms with Crippen molar-refractivity contribution in [2.75, 3.05) is 20.8 Å². The van der Waals surface area contributed by atoms with Crippen LogP contribution < -0.4 is 9.47 Å². The number of methoxy groups -OCH3 is 2. The Labute approximate surface area is 117 Å². The summed E-state index contributed by atoms with van der Waals surface area (Å²) in [4.78, 5) is 11.4. The van der Waals surface area contributed by atoms with Gasteiger partial charge in [0.05, 0.1) is 20.8 Å². The minimum absolute atomic E-state index is 0.0429. The fraction of sp³-hybridized carbons (Fsp3) is 0.500. The minimum Gasteiger partial charge on any atom is -0.493 e. The Balaban J connectivity index is 3.11. The number of halogens is 1. The number of aliphatic hydroxyl groups is 1. The van der Waals surface area contributed by atoms with Crippen molar-refractivity contribution in [2.24, 2.45) is 0 Å². The van der Waals surface area contributed by atoms with E-state index in [1.807, 2.05) is 0 Å². The molecule has 6 heteroatoms. The maximum atomic E-state index is 14.1. The van der Waals surface area contributed by atoms with E-state index in [0.717, 1.165) is 0 Å². The fourth-order valence-corrected chi connectivity index (χ4v) is 1.74. The van der Waals surface area contributed by atoms with Crippen molar-refractivity contribution in [1.29, 1.82) is 0 Å². The van der Waals surface area contributed by atoms with E-state index < -0.39 is 17.7 Å². The summed E-state index contributed by atoms with van der Waals surface area (Å²) in [5.41, 5.74) is -1.83. The van der Waals surface area contributed by atoms with Crippen LogP contribution in [-0.4, -0.2) is 38.1 Å². The molecule has 0 spiro atoms. The van der Waals surface area contributed by atoms with Crippen molar-refractivity contribution in [3.05, 3.63) is 23.8 Å². The van der Waals surface area contributed by atoms with E-state index in [1.165, 1.54) is 39.3 Å². The highest BCUT2D eigenvalue weighted by atomic mass is 19.1. The number of carbonyl (C=O) groups excluding carboxylic acids is 1. The van der Waals surface area contributed by atoms with Gasteiger partial charge in [-0.25, -0.2) is 9.18 Å². The second-order valence-corrected chi connectivity index (χ2v) is 4.33. The number of hydrogen-bond acceptors (Lipinski definition) is 5. The molecule has 0 bridgehead atoms. The van der Waals surface area contributed by atoms with Crippen molar-refractivity contribution in [1.82, 2.24) is 0 Å². The smallest absolute Gasteiger partial charge is 0.344 e. The summed E-state index contributed by atoms with van der Waals surface area (Å²) in [5, 5.41) is 10.3. The van der Waals surface area contributed by atoms with E-state index in [1.54, 1.807) is 6.92 Å². The molecule has 20 heavy (non-hydrogen) atoms. The van der Waals surface area contributed by atoms with Crippen molar-refractivity contribution in [3.8, 4) is 11.5 Å². The number of ether oxygens (including phenoxy) is 3. The average Bonchev–Trinajstić information content (AvgIpc) is 2.45. The summed E-state index contributed by atoms with van der Waals surface area (Å²) in [5.74, 6) is -0.327. The normalized spacial score (nSPS) is 15.1. The third-order valence-electron chi connectivity index (χ3n) is 2.96. The lowest BCUT2D eigenvalue weighted by Gasteiger charge is -2.27. The molecule has 0 aliphatic rings. The van der Waals surface area contributed by atoms with Gasteiger partial charge in [-0.1, -0.05) is 6.07 Å². The number of esters is 1. The Morgan fingerprint density at radius 3 is 2.45 bits per heavy atom. The predicted octanol–water partition coefficient (Wildman–Crippen LogP) is 1.81. The molecule has 0 radical (unpaired) electrons. The molecule has 0 amide bonds. The van der Waals surface area contributed by atoms with Gasteiger partial charge in [0.2, 0.25) is 6.17 Å². The third kappa shape index (κ3) is 3.19. The molecule has 0 aromatic heterocycles. The van der Waals surface area contributed by atoms with E-state index in [2.05, 4.69) is 4.74 Å². The summed E-state index contributed by atoms with van der Waals surface area (Å²) in [6.45, 7) is 2.81. The van der Waals surface area contributed by atoms with Gasteiger partial charge in [-0.2, -0.15) is 0 Å². The van der Waals surface area contributed by atoms with Crippen molar-refractivity contribution in [3.63, 3.8) is 0 Å². The summed E-state index contributed by atoms with van der Waals surface area (Å²) < 4.78 is 28.8. The van der Waals surface area contributed by atoms with Gasteiger partial charge in [-0.15, -0.1) is 0 Å². The van der Waals surface area contributed by atoms with Gasteiger partial charge >= 0.3 is 5.97 Å². The molecule has 112 valence electrons. The monoisotopic (exact) mass is 286 g/mol. The van der Waals surface area contributed by atoms with Crippen LogP contribution in [0.15, 0.2) is 18.2 Å². The van der Waals surface area contributed by atoms with Crippen LogP contribution in [0.2, 0.25) is 0 Å². The molecular formula is C14H19FO5. The van der Waals surface area contributed by atoms with Gasteiger partial charge < -0.3 is 19.3 Å². The highest BCUT2D eigenvalue weighted by Gasteiger charge is 2.41. The van der Waals surface area contributed by atoms with Crippen LogP contribution >= 0.6 is 0 Å². The Morgan fingerprint density at radius 1 is 1.35 bits per heavy atom. The first-order chi connectivity index (χ1) is 9.38. The quantitative estimate of drug-likeness (QED) is 0.808. The van der Waals surface area contributed by atoms with Crippen molar-refractivity contribution >= 4 is 5.97 Å². The van der Waals surface area contributed by atoms with Crippen LogP contribution in [0.5, 0.6) is 11.5 Å². The molecule has 0 heterocycles. The zero-order valence-corrected chi connectivity index (χ0v) is 12.0. The predicted molar refractivity (Wildman–Crippen MR) is 70.6 cm³/mol. The Hall–Kier alpha value is -1.82. The van der Waals surface area contributed by atoms with Crippen LogP contribution in [0.25, 0.3) is 0 Å². The number of rotatable bonds is 6. The lowest BCUT2D eigenvalue weighted by Crippen LogP contribution is -2.40. The number of alkyl halides is 1. The fourth-order valence-electron chi connectivity index (χ4n) is 1.74. The van der Waals surface area contributed by atoms with Crippen LogP contribution in [0.4, 0.5) is 4.39 Å². The van der Waals surface area contributed by atoms with Crippen LogP contribution in [0.1, 0.15) is 19.4 Å². The number of carbonyl (C=O) groups is 1. The molecule has 2 unspecified atom stereocenters. The van der Waals surface area contributed by atoms with Crippen LogP contribution in [0.3, 0.4) is 0 Å². The van der Waals surface area contributed by atoms with Gasteiger partial charge in [-0.05, 0) is 31.5 Å². The highest BCUT2D eigenvalue weighted by molar-refractivity contribution is 5.76. The van der Waals surface area contributed by atoms with Crippen LogP contribution in [-0.2, 0) is 15.1 Å². The lowest BCUT2D eigenvalue weighted by molar-refractivity contribution is -0.160. The molecule has 5 nitrogen and oxygen atoms in total. The first-order valence-corrected chi connectivity index (χ1v) is 6.14. The van der Waals surface area contributed by atoms with Crippen molar-refractivity contribution < 1.29 is 28.5 Å². The first kappa shape index (κ1) is 16.2. The summed E-state index contributed by atoms with van der Waals surface area (Å²) in [6, 6.07) is 4.41. The van der Waals surface area contributed by atoms with E-state index in [9.17, 15) is 14.3 Å². The van der Waals surface area contributed by atoms with Crippen molar-refractivity contribution in [2.45, 2.75) is 25.6 Å². The molecule has 0 saturated heterocycles. The van der Waals surface area contributed by atoms with Gasteiger partial charge in [0.1, 0.15) is 5.60 Å². The molecular weight excluding hydrogens is 267 g/mol. The van der Waals surface area contributed by atoms with Gasteiger partial charge in [-0.3, -0.25) is 0 Å². The molecule has 0 aliphatic heterocycles.